The van der Waals surface area contributed by atoms with Gasteiger partial charge in [-0.25, -0.2) is 9.13 Å². The first-order valence-electron chi connectivity index (χ1n) is 7.81. The lowest BCUT2D eigenvalue weighted by atomic mass is 10.1. The Morgan fingerprint density at radius 2 is 1.73 bits per heavy atom. The molecule has 116 valence electrons. The molecule has 1 heterocycles. The highest BCUT2D eigenvalue weighted by atomic mass is 35.5. The third-order valence-corrected chi connectivity index (χ3v) is 4.01. The molecule has 0 spiro atoms. The van der Waals surface area contributed by atoms with Gasteiger partial charge in [0, 0.05) is 0 Å². The zero-order valence-corrected chi connectivity index (χ0v) is 14.1. The molecule has 0 saturated carbocycles. The van der Waals surface area contributed by atoms with Gasteiger partial charge in [0.15, 0.2) is 11.0 Å². The van der Waals surface area contributed by atoms with Gasteiger partial charge in [-0.05, 0) is 31.0 Å². The number of hydrogen-bond donors (Lipinski definition) is 0. The van der Waals surface area contributed by atoms with Crippen LogP contribution in [-0.2, 0) is 13.1 Å². The summed E-state index contributed by atoms with van der Waals surface area (Å²) in [5.74, 6) is 0. The molecule has 2 nitrogen and oxygen atoms in total. The highest BCUT2D eigenvalue weighted by molar-refractivity contribution is 5.71. The smallest absolute Gasteiger partial charge is 0.245 e. The Bertz CT molecular complexity index is 729. The van der Waals surface area contributed by atoms with Crippen LogP contribution in [0, 0.1) is 6.92 Å². The van der Waals surface area contributed by atoms with Crippen LogP contribution >= 0.6 is 0 Å². The number of halogens is 1. The van der Waals surface area contributed by atoms with Crippen LogP contribution < -0.4 is 17.0 Å². The van der Waals surface area contributed by atoms with Crippen molar-refractivity contribution in [1.29, 1.82) is 0 Å². The fourth-order valence-corrected chi connectivity index (χ4v) is 2.77. The number of imidazole rings is 1. The van der Waals surface area contributed by atoms with E-state index in [2.05, 4.69) is 77.8 Å². The summed E-state index contributed by atoms with van der Waals surface area (Å²) in [4.78, 5) is 0. The van der Waals surface area contributed by atoms with Crippen molar-refractivity contribution in [2.75, 3.05) is 0 Å². The van der Waals surface area contributed by atoms with Gasteiger partial charge in [-0.1, -0.05) is 55.3 Å². The summed E-state index contributed by atoms with van der Waals surface area (Å²) in [7, 11) is 0. The quantitative estimate of drug-likeness (QED) is 0.624. The summed E-state index contributed by atoms with van der Waals surface area (Å²) < 4.78 is 4.74. The van der Waals surface area contributed by atoms with Gasteiger partial charge in [-0.2, -0.15) is 0 Å². The second-order valence-corrected chi connectivity index (χ2v) is 5.76. The van der Waals surface area contributed by atoms with Crippen LogP contribution in [0.15, 0.2) is 54.9 Å². The van der Waals surface area contributed by atoms with Crippen LogP contribution in [0.25, 0.3) is 11.0 Å². The van der Waals surface area contributed by atoms with E-state index in [4.69, 9.17) is 0 Å². The zero-order chi connectivity index (χ0) is 14.7. The molecule has 0 amide bonds. The van der Waals surface area contributed by atoms with Crippen molar-refractivity contribution in [2.45, 2.75) is 39.8 Å². The Kier molecular flexibility index (Phi) is 5.62. The van der Waals surface area contributed by atoms with Crippen molar-refractivity contribution in [1.82, 2.24) is 4.57 Å². The number of unbranched alkanes of at least 4 members (excludes halogenated alkanes) is 1. The summed E-state index contributed by atoms with van der Waals surface area (Å²) >= 11 is 0. The minimum absolute atomic E-state index is 0. The van der Waals surface area contributed by atoms with Crippen LogP contribution in [-0.4, -0.2) is 4.57 Å². The number of nitrogens with zero attached hydrogens (tertiary/aromatic N) is 2. The van der Waals surface area contributed by atoms with Gasteiger partial charge < -0.3 is 12.4 Å². The SMILES string of the molecule is CCCCn1c[n+](Cc2ccc(C)cc2)c2ccccc21.[Cl-]. The summed E-state index contributed by atoms with van der Waals surface area (Å²) in [6.45, 7) is 6.40. The predicted molar refractivity (Wildman–Crippen MR) is 87.3 cm³/mol. The van der Waals surface area contributed by atoms with Crippen molar-refractivity contribution in [3.63, 3.8) is 0 Å². The second kappa shape index (κ2) is 7.46. The topological polar surface area (TPSA) is 8.81 Å². The normalized spacial score (nSPS) is 10.6. The molecule has 3 heteroatoms. The maximum absolute atomic E-state index is 2.38. The molecule has 0 aliphatic rings. The van der Waals surface area contributed by atoms with Gasteiger partial charge in [0.2, 0.25) is 6.33 Å². The molecule has 0 aliphatic heterocycles. The monoisotopic (exact) mass is 314 g/mol. The van der Waals surface area contributed by atoms with Crippen LogP contribution in [0.5, 0.6) is 0 Å². The van der Waals surface area contributed by atoms with Crippen molar-refractivity contribution in [3.8, 4) is 0 Å². The van der Waals surface area contributed by atoms with E-state index in [0.29, 0.717) is 0 Å². The Labute approximate surface area is 138 Å². The molecule has 22 heavy (non-hydrogen) atoms. The highest BCUT2D eigenvalue weighted by Gasteiger charge is 2.14. The molecule has 0 saturated heterocycles. The minimum Gasteiger partial charge on any atom is -1.00 e. The Morgan fingerprint density at radius 1 is 1.00 bits per heavy atom. The fourth-order valence-electron chi connectivity index (χ4n) is 2.77. The molecule has 3 aromatic rings. The summed E-state index contributed by atoms with van der Waals surface area (Å²) in [6, 6.07) is 17.5. The lowest BCUT2D eigenvalue weighted by molar-refractivity contribution is -0.663. The standard InChI is InChI=1S/C19H23N2.ClH/c1-3-4-13-20-15-21(19-8-6-5-7-18(19)20)14-17-11-9-16(2)10-12-17;/h5-12,15H,3-4,13-14H2,1-2H3;1H/q+1;/p-1. The lowest BCUT2D eigenvalue weighted by Gasteiger charge is -1.99. The number of hydrogen-bond acceptors (Lipinski definition) is 0. The van der Waals surface area contributed by atoms with Gasteiger partial charge in [0.1, 0.15) is 6.54 Å². The Morgan fingerprint density at radius 3 is 2.45 bits per heavy atom. The second-order valence-electron chi connectivity index (χ2n) is 5.76. The van der Waals surface area contributed by atoms with Gasteiger partial charge in [-0.3, -0.25) is 0 Å². The molecule has 0 atom stereocenters. The van der Waals surface area contributed by atoms with E-state index in [9.17, 15) is 0 Å². The maximum Gasteiger partial charge on any atom is 0.245 e. The van der Waals surface area contributed by atoms with Gasteiger partial charge in [0.05, 0.1) is 6.54 Å². The third-order valence-electron chi connectivity index (χ3n) is 4.01. The minimum atomic E-state index is 0. The highest BCUT2D eigenvalue weighted by Crippen LogP contribution is 2.13. The number of benzene rings is 2. The number of para-hydroxylation sites is 2. The predicted octanol–water partition coefficient (Wildman–Crippen LogP) is 1.09. The van der Waals surface area contributed by atoms with Crippen LogP contribution in [0.3, 0.4) is 0 Å². The van der Waals surface area contributed by atoms with Crippen LogP contribution in [0.2, 0.25) is 0 Å². The van der Waals surface area contributed by atoms with E-state index in [1.807, 2.05) is 0 Å². The molecule has 2 aromatic carbocycles. The fraction of sp³-hybridized carbons (Fsp3) is 0.316. The number of rotatable bonds is 5. The Hall–Kier alpha value is -1.80. The third kappa shape index (κ3) is 3.50. The van der Waals surface area contributed by atoms with Crippen molar-refractivity contribution in [3.05, 3.63) is 66.0 Å². The summed E-state index contributed by atoms with van der Waals surface area (Å²) in [5, 5.41) is 0. The van der Waals surface area contributed by atoms with E-state index in [0.717, 1.165) is 13.1 Å². The van der Waals surface area contributed by atoms with E-state index in [-0.39, 0.29) is 12.4 Å². The molecule has 3 rings (SSSR count). The zero-order valence-electron chi connectivity index (χ0n) is 13.3. The van der Waals surface area contributed by atoms with Crippen LogP contribution in [0.1, 0.15) is 30.9 Å². The molecule has 1 aromatic heterocycles. The molecule has 0 fully saturated rings. The molecular formula is C19H23ClN2. The maximum atomic E-state index is 2.38. The number of fused-ring (bicyclic) bond motifs is 1. The number of aryl methyl sites for hydroxylation is 2. The average molecular weight is 315 g/mol. The van der Waals surface area contributed by atoms with Crippen molar-refractivity contribution < 1.29 is 17.0 Å². The summed E-state index contributed by atoms with van der Waals surface area (Å²) in [6.07, 6.45) is 4.72. The summed E-state index contributed by atoms with van der Waals surface area (Å²) in [5.41, 5.74) is 5.31. The van der Waals surface area contributed by atoms with E-state index in [1.165, 1.54) is 35.0 Å². The van der Waals surface area contributed by atoms with Crippen molar-refractivity contribution >= 4 is 11.0 Å². The largest absolute Gasteiger partial charge is 1.00 e. The lowest BCUT2D eigenvalue weighted by Crippen LogP contribution is -3.00. The van der Waals surface area contributed by atoms with Gasteiger partial charge >= 0.3 is 0 Å². The average Bonchev–Trinajstić information content (AvgIpc) is 2.86. The van der Waals surface area contributed by atoms with E-state index in [1.54, 1.807) is 0 Å². The molecule has 0 bridgehead atoms. The van der Waals surface area contributed by atoms with Gasteiger partial charge in [-0.15, -0.1) is 0 Å². The first-order valence-corrected chi connectivity index (χ1v) is 7.81. The van der Waals surface area contributed by atoms with Crippen LogP contribution in [0.4, 0.5) is 0 Å². The van der Waals surface area contributed by atoms with Gasteiger partial charge in [0.25, 0.3) is 0 Å². The molecular weight excluding hydrogens is 292 g/mol. The molecule has 0 unspecified atom stereocenters. The first-order chi connectivity index (χ1) is 10.3. The van der Waals surface area contributed by atoms with E-state index >= 15 is 0 Å². The molecule has 0 N–H and O–H groups in total. The molecule has 0 radical (unpaired) electrons. The van der Waals surface area contributed by atoms with E-state index < -0.39 is 0 Å². The number of aromatic nitrogens is 2. The Balaban J connectivity index is 0.00000176. The molecule has 0 aliphatic carbocycles. The first kappa shape index (κ1) is 16.6. The van der Waals surface area contributed by atoms with Crippen molar-refractivity contribution in [2.24, 2.45) is 0 Å².